The number of amides is 1. The highest BCUT2D eigenvalue weighted by Gasteiger charge is 2.33. The standard InChI is InChI=1S/C19H20F3N7O2/c1-4-28(13(3)11-31-16-10-23-15(9-24-16)19(20,21)22)18(30)14-6-5-12(2)27-17(14)29-25-7-8-26-29/h5-10,13H,4,11H2,1-3H3/t13-/m0/s1. The van der Waals surface area contributed by atoms with E-state index in [0.29, 0.717) is 29.8 Å². The number of ether oxygens (including phenoxy) is 1. The normalized spacial score (nSPS) is 12.5. The summed E-state index contributed by atoms with van der Waals surface area (Å²) in [6, 6.07) is 2.95. The van der Waals surface area contributed by atoms with Crippen molar-refractivity contribution in [2.45, 2.75) is 33.0 Å². The van der Waals surface area contributed by atoms with Gasteiger partial charge in [-0.3, -0.25) is 4.79 Å². The van der Waals surface area contributed by atoms with Gasteiger partial charge in [-0.1, -0.05) is 0 Å². The maximum absolute atomic E-state index is 13.2. The molecule has 3 heterocycles. The molecule has 0 radical (unpaired) electrons. The highest BCUT2D eigenvalue weighted by Crippen LogP contribution is 2.27. The number of alkyl halides is 3. The summed E-state index contributed by atoms with van der Waals surface area (Å²) < 4.78 is 43.2. The van der Waals surface area contributed by atoms with Crippen molar-refractivity contribution in [2.24, 2.45) is 0 Å². The molecular formula is C19H20F3N7O2. The summed E-state index contributed by atoms with van der Waals surface area (Å²) in [4.78, 5) is 27.4. The third-order valence-corrected chi connectivity index (χ3v) is 4.38. The van der Waals surface area contributed by atoms with Gasteiger partial charge in [-0.15, -0.1) is 4.80 Å². The Morgan fingerprint density at radius 2 is 1.90 bits per heavy atom. The highest BCUT2D eigenvalue weighted by molar-refractivity contribution is 5.97. The van der Waals surface area contributed by atoms with Gasteiger partial charge in [0.25, 0.3) is 5.91 Å². The number of nitrogens with zero attached hydrogens (tertiary/aromatic N) is 7. The molecule has 0 unspecified atom stereocenters. The quantitative estimate of drug-likeness (QED) is 0.563. The van der Waals surface area contributed by atoms with E-state index in [0.717, 1.165) is 6.20 Å². The van der Waals surface area contributed by atoms with Crippen LogP contribution in [0.4, 0.5) is 13.2 Å². The molecule has 0 saturated heterocycles. The van der Waals surface area contributed by atoms with E-state index in [1.165, 1.54) is 17.2 Å². The van der Waals surface area contributed by atoms with E-state index in [-0.39, 0.29) is 18.4 Å². The van der Waals surface area contributed by atoms with Gasteiger partial charge in [0.2, 0.25) is 5.88 Å². The lowest BCUT2D eigenvalue weighted by Gasteiger charge is -2.28. The number of hydrogen-bond donors (Lipinski definition) is 0. The highest BCUT2D eigenvalue weighted by atomic mass is 19.4. The predicted octanol–water partition coefficient (Wildman–Crippen LogP) is 2.71. The van der Waals surface area contributed by atoms with Crippen LogP contribution in [0.25, 0.3) is 5.82 Å². The van der Waals surface area contributed by atoms with Crippen molar-refractivity contribution in [3.05, 3.63) is 53.9 Å². The summed E-state index contributed by atoms with van der Waals surface area (Å²) in [5.41, 5.74) is -0.0983. The number of hydrogen-bond acceptors (Lipinski definition) is 7. The fourth-order valence-electron chi connectivity index (χ4n) is 2.83. The van der Waals surface area contributed by atoms with Gasteiger partial charge < -0.3 is 9.64 Å². The molecule has 0 aromatic carbocycles. The van der Waals surface area contributed by atoms with E-state index in [1.807, 2.05) is 0 Å². The molecule has 3 rings (SSSR count). The zero-order chi connectivity index (χ0) is 22.6. The van der Waals surface area contributed by atoms with Gasteiger partial charge in [-0.05, 0) is 32.9 Å². The van der Waals surface area contributed by atoms with E-state index in [4.69, 9.17) is 4.74 Å². The first-order valence-electron chi connectivity index (χ1n) is 9.38. The number of aryl methyl sites for hydroxylation is 1. The molecule has 0 aliphatic rings. The van der Waals surface area contributed by atoms with Crippen molar-refractivity contribution < 1.29 is 22.7 Å². The lowest BCUT2D eigenvalue weighted by Crippen LogP contribution is -2.42. The Balaban J connectivity index is 1.74. The summed E-state index contributed by atoms with van der Waals surface area (Å²) in [5.74, 6) is -0.0751. The maximum Gasteiger partial charge on any atom is 0.434 e. The van der Waals surface area contributed by atoms with Gasteiger partial charge in [0.15, 0.2) is 11.5 Å². The van der Waals surface area contributed by atoms with Crippen LogP contribution in [0.5, 0.6) is 5.88 Å². The molecular weight excluding hydrogens is 415 g/mol. The van der Waals surface area contributed by atoms with Gasteiger partial charge in [0, 0.05) is 12.2 Å². The zero-order valence-electron chi connectivity index (χ0n) is 17.0. The minimum atomic E-state index is -4.58. The van der Waals surface area contributed by atoms with E-state index in [1.54, 1.807) is 37.8 Å². The molecule has 1 amide bonds. The first kappa shape index (κ1) is 22.1. The monoisotopic (exact) mass is 435 g/mol. The molecule has 31 heavy (non-hydrogen) atoms. The van der Waals surface area contributed by atoms with Gasteiger partial charge in [-0.25, -0.2) is 15.0 Å². The smallest absolute Gasteiger partial charge is 0.434 e. The van der Waals surface area contributed by atoms with Crippen LogP contribution >= 0.6 is 0 Å². The molecule has 12 heteroatoms. The van der Waals surface area contributed by atoms with Gasteiger partial charge in [0.05, 0.1) is 36.4 Å². The lowest BCUT2D eigenvalue weighted by atomic mass is 10.1. The second-order valence-corrected chi connectivity index (χ2v) is 6.63. The SMILES string of the molecule is CCN(C(=O)c1ccc(C)nc1-n1nccn1)[C@@H](C)COc1cnc(C(F)(F)F)cn1. The van der Waals surface area contributed by atoms with Gasteiger partial charge in [0.1, 0.15) is 6.61 Å². The summed E-state index contributed by atoms with van der Waals surface area (Å²) in [5, 5.41) is 8.11. The molecule has 1 atom stereocenters. The van der Waals surface area contributed by atoms with E-state index in [9.17, 15) is 18.0 Å². The number of aromatic nitrogens is 6. The summed E-state index contributed by atoms with van der Waals surface area (Å²) in [6.07, 6.45) is -0.106. The predicted molar refractivity (Wildman–Crippen MR) is 103 cm³/mol. The van der Waals surface area contributed by atoms with Crippen molar-refractivity contribution in [2.75, 3.05) is 13.2 Å². The molecule has 3 aromatic heterocycles. The molecule has 164 valence electrons. The van der Waals surface area contributed by atoms with E-state index in [2.05, 4.69) is 25.1 Å². The summed E-state index contributed by atoms with van der Waals surface area (Å²) in [6.45, 7) is 5.72. The molecule has 0 N–H and O–H groups in total. The van der Waals surface area contributed by atoms with Gasteiger partial charge in [-0.2, -0.15) is 23.4 Å². The average molecular weight is 435 g/mol. The lowest BCUT2D eigenvalue weighted by molar-refractivity contribution is -0.141. The average Bonchev–Trinajstić information content (AvgIpc) is 3.27. The Kier molecular flexibility index (Phi) is 6.47. The van der Waals surface area contributed by atoms with Crippen molar-refractivity contribution in [1.29, 1.82) is 0 Å². The van der Waals surface area contributed by atoms with Crippen LogP contribution in [0.1, 0.15) is 35.6 Å². The van der Waals surface area contributed by atoms with Crippen LogP contribution < -0.4 is 4.74 Å². The van der Waals surface area contributed by atoms with Crippen molar-refractivity contribution in [3.8, 4) is 11.7 Å². The summed E-state index contributed by atoms with van der Waals surface area (Å²) in [7, 11) is 0. The number of pyridine rings is 1. The van der Waals surface area contributed by atoms with Crippen molar-refractivity contribution in [1.82, 2.24) is 34.8 Å². The third kappa shape index (κ3) is 5.13. The maximum atomic E-state index is 13.2. The van der Waals surface area contributed by atoms with Crippen molar-refractivity contribution >= 4 is 5.91 Å². The van der Waals surface area contributed by atoms with Crippen LogP contribution in [0, 0.1) is 6.92 Å². The number of rotatable bonds is 7. The Morgan fingerprint density at radius 1 is 1.19 bits per heavy atom. The Hall–Kier alpha value is -3.57. The second kappa shape index (κ2) is 9.06. The minimum Gasteiger partial charge on any atom is -0.474 e. The molecule has 0 bridgehead atoms. The molecule has 0 spiro atoms. The second-order valence-electron chi connectivity index (χ2n) is 6.63. The number of likely N-dealkylation sites (N-methyl/N-ethyl adjacent to an activating group) is 1. The molecule has 0 aliphatic carbocycles. The first-order chi connectivity index (χ1) is 14.7. The molecule has 0 fully saturated rings. The zero-order valence-corrected chi connectivity index (χ0v) is 17.0. The minimum absolute atomic E-state index is 0.00820. The van der Waals surface area contributed by atoms with Crippen LogP contribution in [0.3, 0.4) is 0 Å². The van der Waals surface area contributed by atoms with E-state index >= 15 is 0 Å². The van der Waals surface area contributed by atoms with Crippen LogP contribution in [0.2, 0.25) is 0 Å². The van der Waals surface area contributed by atoms with Crippen LogP contribution in [-0.4, -0.2) is 59.9 Å². The summed E-state index contributed by atoms with van der Waals surface area (Å²) >= 11 is 0. The molecule has 3 aromatic rings. The first-order valence-corrected chi connectivity index (χ1v) is 9.38. The van der Waals surface area contributed by atoms with Crippen LogP contribution in [-0.2, 0) is 6.18 Å². The third-order valence-electron chi connectivity index (χ3n) is 4.38. The number of carbonyl (C=O) groups excluding carboxylic acids is 1. The molecule has 0 aliphatic heterocycles. The largest absolute Gasteiger partial charge is 0.474 e. The fourth-order valence-corrected chi connectivity index (χ4v) is 2.83. The Morgan fingerprint density at radius 3 is 2.48 bits per heavy atom. The fraction of sp³-hybridized carbons (Fsp3) is 0.368. The molecule has 0 saturated carbocycles. The van der Waals surface area contributed by atoms with E-state index < -0.39 is 17.9 Å². The van der Waals surface area contributed by atoms with Crippen molar-refractivity contribution in [3.63, 3.8) is 0 Å². The topological polar surface area (TPSA) is 98.9 Å². The molecule has 9 nitrogen and oxygen atoms in total. The van der Waals surface area contributed by atoms with Crippen LogP contribution in [0.15, 0.2) is 36.9 Å². The van der Waals surface area contributed by atoms with Gasteiger partial charge >= 0.3 is 6.18 Å². The Bertz CT molecular complexity index is 1020. The number of carbonyl (C=O) groups is 1. The number of halogens is 3. The Labute approximate surface area is 175 Å².